The van der Waals surface area contributed by atoms with Crippen LogP contribution in [0, 0.1) is 0 Å². The third kappa shape index (κ3) is 3.67. The summed E-state index contributed by atoms with van der Waals surface area (Å²) in [5, 5.41) is 3.97. The SMILES string of the molecule is COC(=O)CCN(C)Cc1ncnn1C. The number of methoxy groups -OCH3 is 1. The van der Waals surface area contributed by atoms with Gasteiger partial charge >= 0.3 is 5.97 Å². The predicted molar refractivity (Wildman–Crippen MR) is 54.0 cm³/mol. The van der Waals surface area contributed by atoms with Crippen LogP contribution in [0.4, 0.5) is 0 Å². The normalized spacial score (nSPS) is 10.7. The number of carbonyl (C=O) groups excluding carboxylic acids is 1. The number of rotatable bonds is 5. The molecule has 0 spiro atoms. The fraction of sp³-hybridized carbons (Fsp3) is 0.667. The van der Waals surface area contributed by atoms with E-state index in [1.807, 2.05) is 19.0 Å². The Hall–Kier alpha value is -1.43. The van der Waals surface area contributed by atoms with Gasteiger partial charge in [-0.15, -0.1) is 0 Å². The van der Waals surface area contributed by atoms with Gasteiger partial charge in [0.2, 0.25) is 0 Å². The van der Waals surface area contributed by atoms with Gasteiger partial charge in [0.05, 0.1) is 20.1 Å². The fourth-order valence-electron chi connectivity index (χ4n) is 1.17. The minimum absolute atomic E-state index is 0.195. The Bertz CT molecular complexity index is 324. The lowest BCUT2D eigenvalue weighted by atomic mass is 10.4. The molecule has 0 saturated heterocycles. The Morgan fingerprint density at radius 1 is 1.67 bits per heavy atom. The van der Waals surface area contributed by atoms with Gasteiger partial charge in [-0.2, -0.15) is 5.10 Å². The zero-order chi connectivity index (χ0) is 11.3. The molecule has 0 aromatic carbocycles. The van der Waals surface area contributed by atoms with Gasteiger partial charge in [0.25, 0.3) is 0 Å². The summed E-state index contributed by atoms with van der Waals surface area (Å²) in [5.41, 5.74) is 0. The van der Waals surface area contributed by atoms with E-state index in [-0.39, 0.29) is 5.97 Å². The number of aromatic nitrogens is 3. The number of nitrogens with zero attached hydrogens (tertiary/aromatic N) is 4. The molecular weight excluding hydrogens is 196 g/mol. The van der Waals surface area contributed by atoms with Crippen LogP contribution in [-0.2, 0) is 23.1 Å². The third-order valence-corrected chi connectivity index (χ3v) is 2.14. The van der Waals surface area contributed by atoms with Gasteiger partial charge in [0.1, 0.15) is 12.2 Å². The van der Waals surface area contributed by atoms with E-state index in [0.717, 1.165) is 5.82 Å². The summed E-state index contributed by atoms with van der Waals surface area (Å²) in [6.07, 6.45) is 1.91. The van der Waals surface area contributed by atoms with Crippen LogP contribution in [-0.4, -0.2) is 46.3 Å². The fourth-order valence-corrected chi connectivity index (χ4v) is 1.17. The topological polar surface area (TPSA) is 60.2 Å². The van der Waals surface area contributed by atoms with Crippen molar-refractivity contribution in [3.63, 3.8) is 0 Å². The standard InChI is InChI=1S/C9H16N4O2/c1-12(5-4-9(14)15-3)6-8-10-7-11-13(8)2/h7H,4-6H2,1-3H3. The molecular formula is C9H16N4O2. The van der Waals surface area contributed by atoms with Crippen molar-refractivity contribution in [3.8, 4) is 0 Å². The van der Waals surface area contributed by atoms with Gasteiger partial charge < -0.3 is 4.74 Å². The predicted octanol–water partition coefficient (Wildman–Crippen LogP) is -0.190. The van der Waals surface area contributed by atoms with Crippen LogP contribution in [0.5, 0.6) is 0 Å². The van der Waals surface area contributed by atoms with Crippen molar-refractivity contribution in [2.45, 2.75) is 13.0 Å². The van der Waals surface area contributed by atoms with Crippen LogP contribution in [0.15, 0.2) is 6.33 Å². The Morgan fingerprint density at radius 3 is 2.93 bits per heavy atom. The van der Waals surface area contributed by atoms with Crippen LogP contribution in [0.1, 0.15) is 12.2 Å². The highest BCUT2D eigenvalue weighted by Crippen LogP contribution is 1.98. The molecule has 0 N–H and O–H groups in total. The van der Waals surface area contributed by atoms with Crippen molar-refractivity contribution in [2.24, 2.45) is 7.05 Å². The number of aryl methyl sites for hydroxylation is 1. The van der Waals surface area contributed by atoms with E-state index in [4.69, 9.17) is 0 Å². The van der Waals surface area contributed by atoms with Crippen molar-refractivity contribution in [1.29, 1.82) is 0 Å². The second-order valence-electron chi connectivity index (χ2n) is 3.36. The largest absolute Gasteiger partial charge is 0.469 e. The van der Waals surface area contributed by atoms with Crippen LogP contribution < -0.4 is 0 Å². The average Bonchev–Trinajstić information content (AvgIpc) is 2.61. The molecule has 1 heterocycles. The second kappa shape index (κ2) is 5.45. The molecule has 0 aliphatic rings. The molecule has 1 aromatic heterocycles. The quantitative estimate of drug-likeness (QED) is 0.633. The molecule has 1 aromatic rings. The Morgan fingerprint density at radius 2 is 2.40 bits per heavy atom. The van der Waals surface area contributed by atoms with Crippen molar-refractivity contribution < 1.29 is 9.53 Å². The smallest absolute Gasteiger partial charge is 0.306 e. The summed E-state index contributed by atoms with van der Waals surface area (Å²) >= 11 is 0. The van der Waals surface area contributed by atoms with E-state index >= 15 is 0 Å². The molecule has 84 valence electrons. The monoisotopic (exact) mass is 212 g/mol. The van der Waals surface area contributed by atoms with Crippen molar-refractivity contribution >= 4 is 5.97 Å². The van der Waals surface area contributed by atoms with E-state index in [0.29, 0.717) is 19.5 Å². The van der Waals surface area contributed by atoms with Gasteiger partial charge in [-0.3, -0.25) is 14.4 Å². The molecule has 0 bridgehead atoms. The number of hydrogen-bond acceptors (Lipinski definition) is 5. The van der Waals surface area contributed by atoms with Crippen LogP contribution in [0.25, 0.3) is 0 Å². The van der Waals surface area contributed by atoms with Gasteiger partial charge in [-0.25, -0.2) is 4.98 Å². The van der Waals surface area contributed by atoms with Crippen LogP contribution >= 0.6 is 0 Å². The summed E-state index contributed by atoms with van der Waals surface area (Å²) in [4.78, 5) is 17.0. The Labute approximate surface area is 88.8 Å². The lowest BCUT2D eigenvalue weighted by Gasteiger charge is -2.14. The van der Waals surface area contributed by atoms with Crippen molar-refractivity contribution in [2.75, 3.05) is 20.7 Å². The molecule has 0 aliphatic heterocycles. The zero-order valence-corrected chi connectivity index (χ0v) is 9.30. The average molecular weight is 212 g/mol. The maximum absolute atomic E-state index is 10.9. The second-order valence-corrected chi connectivity index (χ2v) is 3.36. The van der Waals surface area contributed by atoms with E-state index < -0.39 is 0 Å². The molecule has 6 nitrogen and oxygen atoms in total. The lowest BCUT2D eigenvalue weighted by molar-refractivity contribution is -0.140. The number of hydrogen-bond donors (Lipinski definition) is 0. The summed E-state index contributed by atoms with van der Waals surface area (Å²) in [5.74, 6) is 0.683. The molecule has 0 saturated carbocycles. The van der Waals surface area contributed by atoms with Gasteiger partial charge in [0.15, 0.2) is 0 Å². The molecule has 0 atom stereocenters. The molecule has 6 heteroatoms. The number of ether oxygens (including phenoxy) is 1. The minimum Gasteiger partial charge on any atom is -0.469 e. The molecule has 0 unspecified atom stereocenters. The summed E-state index contributed by atoms with van der Waals surface area (Å²) in [6.45, 7) is 1.33. The molecule has 15 heavy (non-hydrogen) atoms. The highest BCUT2D eigenvalue weighted by molar-refractivity contribution is 5.69. The Kier molecular flexibility index (Phi) is 4.23. The first kappa shape index (κ1) is 11.6. The van der Waals surface area contributed by atoms with Crippen molar-refractivity contribution in [1.82, 2.24) is 19.7 Å². The molecule has 0 fully saturated rings. The van der Waals surface area contributed by atoms with Gasteiger partial charge in [0, 0.05) is 13.6 Å². The van der Waals surface area contributed by atoms with E-state index in [1.54, 1.807) is 4.68 Å². The molecule has 0 aliphatic carbocycles. The van der Waals surface area contributed by atoms with E-state index in [2.05, 4.69) is 14.8 Å². The van der Waals surface area contributed by atoms with Gasteiger partial charge in [-0.05, 0) is 7.05 Å². The number of esters is 1. The maximum atomic E-state index is 10.9. The molecule has 0 amide bonds. The molecule has 1 rings (SSSR count). The minimum atomic E-state index is -0.195. The third-order valence-electron chi connectivity index (χ3n) is 2.14. The highest BCUT2D eigenvalue weighted by atomic mass is 16.5. The van der Waals surface area contributed by atoms with Crippen LogP contribution in [0.3, 0.4) is 0 Å². The summed E-state index contributed by atoms with van der Waals surface area (Å²) in [6, 6.07) is 0. The Balaban J connectivity index is 2.33. The molecule has 0 radical (unpaired) electrons. The van der Waals surface area contributed by atoms with Gasteiger partial charge in [-0.1, -0.05) is 0 Å². The highest BCUT2D eigenvalue weighted by Gasteiger charge is 2.07. The van der Waals surface area contributed by atoms with E-state index in [1.165, 1.54) is 13.4 Å². The van der Waals surface area contributed by atoms with Crippen molar-refractivity contribution in [3.05, 3.63) is 12.2 Å². The summed E-state index contributed by atoms with van der Waals surface area (Å²) in [7, 11) is 5.17. The summed E-state index contributed by atoms with van der Waals surface area (Å²) < 4.78 is 6.28. The first-order valence-corrected chi connectivity index (χ1v) is 4.71. The number of carbonyl (C=O) groups is 1. The first-order chi connectivity index (χ1) is 7.13. The van der Waals surface area contributed by atoms with E-state index in [9.17, 15) is 4.79 Å². The maximum Gasteiger partial charge on any atom is 0.306 e. The van der Waals surface area contributed by atoms with Crippen LogP contribution in [0.2, 0.25) is 0 Å². The lowest BCUT2D eigenvalue weighted by Crippen LogP contribution is -2.23. The first-order valence-electron chi connectivity index (χ1n) is 4.71. The zero-order valence-electron chi connectivity index (χ0n) is 9.30.